The Kier molecular flexibility index (Phi) is 5.08. The maximum Gasteiger partial charge on any atom is 0.325 e. The Balaban J connectivity index is 2.48. The second kappa shape index (κ2) is 6.35. The predicted octanol–water partition coefficient (Wildman–Crippen LogP) is 2.62. The van der Waals surface area contributed by atoms with Gasteiger partial charge in [-0.15, -0.1) is 11.6 Å². The summed E-state index contributed by atoms with van der Waals surface area (Å²) in [4.78, 5) is 22.3. The Bertz CT molecular complexity index is 396. The molecule has 86 valence electrons. The summed E-state index contributed by atoms with van der Waals surface area (Å²) in [6.45, 7) is 0. The van der Waals surface area contributed by atoms with E-state index in [9.17, 15) is 9.59 Å². The third kappa shape index (κ3) is 4.51. The highest BCUT2D eigenvalue weighted by molar-refractivity contribution is 6.30. The Labute approximate surface area is 103 Å². The maximum atomic E-state index is 11.3. The van der Waals surface area contributed by atoms with Crippen LogP contribution in [0.15, 0.2) is 24.3 Å². The van der Waals surface area contributed by atoms with E-state index in [1.807, 2.05) is 0 Å². The molecule has 1 rings (SSSR count). The summed E-state index contributed by atoms with van der Waals surface area (Å²) >= 11 is 11.1. The van der Waals surface area contributed by atoms with E-state index < -0.39 is 11.9 Å². The number of urea groups is 1. The summed E-state index contributed by atoms with van der Waals surface area (Å²) in [6, 6.07) is 6.02. The average Bonchev–Trinajstić information content (AvgIpc) is 2.17. The number of benzene rings is 1. The molecule has 1 aromatic carbocycles. The molecule has 3 amide bonds. The monoisotopic (exact) mass is 260 g/mol. The van der Waals surface area contributed by atoms with Crippen LogP contribution in [-0.4, -0.2) is 17.8 Å². The number of alkyl halides is 1. The molecule has 1 aromatic rings. The van der Waals surface area contributed by atoms with E-state index in [4.69, 9.17) is 23.2 Å². The van der Waals surface area contributed by atoms with Gasteiger partial charge in [0.1, 0.15) is 0 Å². The van der Waals surface area contributed by atoms with Crippen LogP contribution in [0.1, 0.15) is 6.42 Å². The fourth-order valence-corrected chi connectivity index (χ4v) is 1.37. The predicted molar refractivity (Wildman–Crippen MR) is 64.0 cm³/mol. The number of amides is 3. The zero-order valence-corrected chi connectivity index (χ0v) is 9.81. The number of hydrogen-bond donors (Lipinski definition) is 2. The van der Waals surface area contributed by atoms with Crippen molar-refractivity contribution in [3.8, 4) is 0 Å². The summed E-state index contributed by atoms with van der Waals surface area (Å²) < 4.78 is 0. The molecule has 0 heterocycles. The third-order valence-electron chi connectivity index (χ3n) is 1.66. The van der Waals surface area contributed by atoms with Gasteiger partial charge in [-0.05, 0) is 18.2 Å². The number of hydrogen-bond acceptors (Lipinski definition) is 2. The minimum Gasteiger partial charge on any atom is -0.308 e. The molecule has 0 unspecified atom stereocenters. The standard InChI is InChI=1S/C10H10Cl2N2O2/c11-5-4-9(15)14-10(16)13-8-3-1-2-7(12)6-8/h1-3,6H,4-5H2,(H2,13,14,15,16). The average molecular weight is 261 g/mol. The molecule has 0 bridgehead atoms. The number of nitrogens with one attached hydrogen (secondary N) is 2. The van der Waals surface area contributed by atoms with Crippen molar-refractivity contribution in [2.75, 3.05) is 11.2 Å². The highest BCUT2D eigenvalue weighted by Gasteiger charge is 2.06. The van der Waals surface area contributed by atoms with Crippen LogP contribution in [0.2, 0.25) is 5.02 Å². The van der Waals surface area contributed by atoms with E-state index >= 15 is 0 Å². The van der Waals surface area contributed by atoms with Gasteiger partial charge in [-0.1, -0.05) is 17.7 Å². The maximum absolute atomic E-state index is 11.3. The third-order valence-corrected chi connectivity index (χ3v) is 2.08. The van der Waals surface area contributed by atoms with Gasteiger partial charge in [0.25, 0.3) is 0 Å². The van der Waals surface area contributed by atoms with Crippen LogP contribution in [0.3, 0.4) is 0 Å². The molecular weight excluding hydrogens is 251 g/mol. The van der Waals surface area contributed by atoms with Gasteiger partial charge in [-0.3, -0.25) is 10.1 Å². The lowest BCUT2D eigenvalue weighted by atomic mass is 10.3. The van der Waals surface area contributed by atoms with Crippen LogP contribution in [0.5, 0.6) is 0 Å². The Morgan fingerprint density at radius 3 is 2.69 bits per heavy atom. The van der Waals surface area contributed by atoms with Crippen molar-refractivity contribution in [1.29, 1.82) is 0 Å². The summed E-state index contributed by atoms with van der Waals surface area (Å²) in [7, 11) is 0. The first kappa shape index (κ1) is 12.8. The number of carbonyl (C=O) groups excluding carboxylic acids is 2. The number of halogens is 2. The minimum atomic E-state index is -0.600. The van der Waals surface area contributed by atoms with E-state index in [0.29, 0.717) is 10.7 Å². The van der Waals surface area contributed by atoms with Crippen LogP contribution in [-0.2, 0) is 4.79 Å². The lowest BCUT2D eigenvalue weighted by molar-refractivity contribution is -0.119. The van der Waals surface area contributed by atoms with E-state index in [2.05, 4.69) is 10.6 Å². The largest absolute Gasteiger partial charge is 0.325 e. The number of carbonyl (C=O) groups is 2. The molecule has 0 spiro atoms. The highest BCUT2D eigenvalue weighted by atomic mass is 35.5. The van der Waals surface area contributed by atoms with Gasteiger partial charge < -0.3 is 5.32 Å². The van der Waals surface area contributed by atoms with E-state index in [0.717, 1.165) is 0 Å². The van der Waals surface area contributed by atoms with Crippen molar-refractivity contribution in [3.63, 3.8) is 0 Å². The summed E-state index contributed by atoms with van der Waals surface area (Å²) in [6.07, 6.45) is 0.102. The highest BCUT2D eigenvalue weighted by Crippen LogP contribution is 2.14. The molecule has 4 nitrogen and oxygen atoms in total. The molecule has 0 aromatic heterocycles. The molecule has 0 saturated heterocycles. The SMILES string of the molecule is O=C(CCCl)NC(=O)Nc1cccc(Cl)c1. The van der Waals surface area contributed by atoms with Crippen LogP contribution < -0.4 is 10.6 Å². The van der Waals surface area contributed by atoms with Crippen LogP contribution >= 0.6 is 23.2 Å². The first-order valence-electron chi connectivity index (χ1n) is 4.54. The Morgan fingerprint density at radius 1 is 1.31 bits per heavy atom. The summed E-state index contributed by atoms with van der Waals surface area (Å²) in [5, 5.41) is 5.11. The molecule has 0 aliphatic heterocycles. The Morgan fingerprint density at radius 2 is 2.06 bits per heavy atom. The number of anilines is 1. The zero-order chi connectivity index (χ0) is 12.0. The van der Waals surface area contributed by atoms with E-state index in [-0.39, 0.29) is 12.3 Å². The van der Waals surface area contributed by atoms with E-state index in [1.54, 1.807) is 24.3 Å². The first-order valence-corrected chi connectivity index (χ1v) is 5.45. The molecule has 0 aliphatic rings. The van der Waals surface area contributed by atoms with Gasteiger partial charge in [-0.2, -0.15) is 0 Å². The van der Waals surface area contributed by atoms with Crippen molar-refractivity contribution in [1.82, 2.24) is 5.32 Å². The zero-order valence-electron chi connectivity index (χ0n) is 8.30. The number of rotatable bonds is 3. The van der Waals surface area contributed by atoms with Gasteiger partial charge in [0.2, 0.25) is 5.91 Å². The van der Waals surface area contributed by atoms with Crippen LogP contribution in [0, 0.1) is 0 Å². The minimum absolute atomic E-state index is 0.102. The molecule has 0 aliphatic carbocycles. The second-order valence-corrected chi connectivity index (χ2v) is 3.77. The van der Waals surface area contributed by atoms with Crippen molar-refractivity contribution in [2.24, 2.45) is 0 Å². The quantitative estimate of drug-likeness (QED) is 0.821. The van der Waals surface area contributed by atoms with Crippen molar-refractivity contribution in [2.45, 2.75) is 6.42 Å². The number of imide groups is 1. The van der Waals surface area contributed by atoms with E-state index in [1.165, 1.54) is 0 Å². The molecule has 16 heavy (non-hydrogen) atoms. The smallest absolute Gasteiger partial charge is 0.308 e. The summed E-state index contributed by atoms with van der Waals surface area (Å²) in [5.74, 6) is -0.245. The Hall–Kier alpha value is -1.26. The van der Waals surface area contributed by atoms with Gasteiger partial charge in [0.05, 0.1) is 0 Å². The van der Waals surface area contributed by atoms with Gasteiger partial charge in [0, 0.05) is 23.0 Å². The van der Waals surface area contributed by atoms with Gasteiger partial charge in [0.15, 0.2) is 0 Å². The van der Waals surface area contributed by atoms with Crippen LogP contribution in [0.25, 0.3) is 0 Å². The molecule has 2 N–H and O–H groups in total. The second-order valence-electron chi connectivity index (χ2n) is 2.95. The molecular formula is C10H10Cl2N2O2. The molecule has 0 saturated carbocycles. The first-order chi connectivity index (χ1) is 7.61. The molecule has 6 heteroatoms. The lowest BCUT2D eigenvalue weighted by Crippen LogP contribution is -2.34. The van der Waals surface area contributed by atoms with Crippen LogP contribution in [0.4, 0.5) is 10.5 Å². The fourth-order valence-electron chi connectivity index (χ4n) is 1.00. The molecule has 0 atom stereocenters. The van der Waals surface area contributed by atoms with Crippen molar-refractivity contribution >= 4 is 40.8 Å². The summed E-state index contributed by atoms with van der Waals surface area (Å²) in [5.41, 5.74) is 0.517. The van der Waals surface area contributed by atoms with Gasteiger partial charge in [-0.25, -0.2) is 4.79 Å². The lowest BCUT2D eigenvalue weighted by Gasteiger charge is -2.05. The molecule has 0 radical (unpaired) electrons. The molecule has 0 fully saturated rings. The van der Waals surface area contributed by atoms with Gasteiger partial charge >= 0.3 is 6.03 Å². The topological polar surface area (TPSA) is 58.2 Å². The van der Waals surface area contributed by atoms with Crippen molar-refractivity contribution in [3.05, 3.63) is 29.3 Å². The fraction of sp³-hybridized carbons (Fsp3) is 0.200. The normalized spacial score (nSPS) is 9.62. The van der Waals surface area contributed by atoms with Crippen molar-refractivity contribution < 1.29 is 9.59 Å².